The number of anilines is 2. The second-order valence-corrected chi connectivity index (χ2v) is 4.88. The van der Waals surface area contributed by atoms with E-state index in [-0.39, 0.29) is 0 Å². The number of para-hydroxylation sites is 2. The topological polar surface area (TPSA) is 6.48 Å². The molecule has 2 nitrogen and oxygen atoms in total. The molecule has 2 heteroatoms. The molecular weight excluding hydrogens is 220 g/mol. The Morgan fingerprint density at radius 3 is 2.22 bits per heavy atom. The molecule has 1 atom stereocenters. The fourth-order valence-electron chi connectivity index (χ4n) is 2.65. The smallest absolute Gasteiger partial charge is 0.0907 e. The zero-order chi connectivity index (χ0) is 12.5. The van der Waals surface area contributed by atoms with E-state index in [9.17, 15) is 0 Å². The van der Waals surface area contributed by atoms with Crippen LogP contribution in [0, 0.1) is 0 Å². The summed E-state index contributed by atoms with van der Waals surface area (Å²) >= 11 is 0. The zero-order valence-electron chi connectivity index (χ0n) is 10.9. The van der Waals surface area contributed by atoms with E-state index < -0.39 is 0 Å². The summed E-state index contributed by atoms with van der Waals surface area (Å²) in [5, 5.41) is 0. The van der Waals surface area contributed by atoms with Gasteiger partial charge in [-0.15, -0.1) is 0 Å². The molecule has 0 amide bonds. The molecule has 2 aromatic rings. The lowest BCUT2D eigenvalue weighted by atomic mass is 10.1. The monoisotopic (exact) mass is 238 g/mol. The Labute approximate surface area is 108 Å². The number of nitrogens with zero attached hydrogens (tertiary/aromatic N) is 2. The van der Waals surface area contributed by atoms with Crippen molar-refractivity contribution in [1.29, 1.82) is 0 Å². The van der Waals surface area contributed by atoms with Gasteiger partial charge in [-0.2, -0.15) is 0 Å². The van der Waals surface area contributed by atoms with Gasteiger partial charge in [0.1, 0.15) is 0 Å². The van der Waals surface area contributed by atoms with Crippen LogP contribution in [0.15, 0.2) is 54.6 Å². The lowest BCUT2D eigenvalue weighted by molar-refractivity contribution is 0.689. The van der Waals surface area contributed by atoms with E-state index in [1.165, 1.54) is 16.9 Å². The molecule has 18 heavy (non-hydrogen) atoms. The van der Waals surface area contributed by atoms with Gasteiger partial charge in [0.25, 0.3) is 0 Å². The third kappa shape index (κ3) is 1.74. The Morgan fingerprint density at radius 2 is 1.50 bits per heavy atom. The van der Waals surface area contributed by atoms with Crippen molar-refractivity contribution in [3.05, 3.63) is 60.2 Å². The minimum Gasteiger partial charge on any atom is -0.355 e. The van der Waals surface area contributed by atoms with Gasteiger partial charge in [0.15, 0.2) is 0 Å². The molecule has 0 aliphatic carbocycles. The van der Waals surface area contributed by atoms with Gasteiger partial charge in [0.2, 0.25) is 0 Å². The Bertz CT molecular complexity index is 536. The van der Waals surface area contributed by atoms with Crippen molar-refractivity contribution < 1.29 is 0 Å². The number of hydrogen-bond donors (Lipinski definition) is 0. The molecule has 0 fully saturated rings. The maximum Gasteiger partial charge on any atom is 0.0907 e. The van der Waals surface area contributed by atoms with Crippen molar-refractivity contribution in [2.24, 2.45) is 0 Å². The van der Waals surface area contributed by atoms with E-state index >= 15 is 0 Å². The first-order valence-electron chi connectivity index (χ1n) is 6.39. The second kappa shape index (κ2) is 4.37. The molecule has 2 aromatic carbocycles. The molecule has 1 aliphatic rings. The number of hydrogen-bond acceptors (Lipinski definition) is 2. The van der Waals surface area contributed by atoms with Gasteiger partial charge >= 0.3 is 0 Å². The summed E-state index contributed by atoms with van der Waals surface area (Å²) in [6.07, 6.45) is 0. The zero-order valence-corrected chi connectivity index (χ0v) is 10.9. The summed E-state index contributed by atoms with van der Waals surface area (Å²) in [5.74, 6) is 0. The molecule has 92 valence electrons. The van der Waals surface area contributed by atoms with Crippen LogP contribution in [0.5, 0.6) is 0 Å². The van der Waals surface area contributed by atoms with Crippen molar-refractivity contribution >= 4 is 11.4 Å². The molecule has 0 bridgehead atoms. The van der Waals surface area contributed by atoms with Gasteiger partial charge in [-0.05, 0) is 24.6 Å². The fourth-order valence-corrected chi connectivity index (χ4v) is 2.65. The molecule has 0 saturated heterocycles. The van der Waals surface area contributed by atoms with Crippen LogP contribution in [-0.2, 0) is 0 Å². The molecule has 0 saturated carbocycles. The van der Waals surface area contributed by atoms with E-state index in [0.717, 1.165) is 6.67 Å². The van der Waals surface area contributed by atoms with Crippen LogP contribution in [-0.4, -0.2) is 13.7 Å². The van der Waals surface area contributed by atoms with E-state index in [0.29, 0.717) is 6.04 Å². The van der Waals surface area contributed by atoms with Crippen LogP contribution in [0.4, 0.5) is 11.4 Å². The van der Waals surface area contributed by atoms with E-state index in [2.05, 4.69) is 78.4 Å². The van der Waals surface area contributed by atoms with Crippen LogP contribution in [0.1, 0.15) is 18.5 Å². The molecule has 0 spiro atoms. The molecule has 1 aliphatic heterocycles. The van der Waals surface area contributed by atoms with Gasteiger partial charge in [-0.3, -0.25) is 0 Å². The van der Waals surface area contributed by atoms with Crippen LogP contribution < -0.4 is 9.80 Å². The summed E-state index contributed by atoms with van der Waals surface area (Å²) in [4.78, 5) is 4.75. The lowest BCUT2D eigenvalue weighted by Gasteiger charge is -2.27. The molecule has 1 heterocycles. The maximum absolute atomic E-state index is 2.45. The lowest BCUT2D eigenvalue weighted by Crippen LogP contribution is -2.30. The van der Waals surface area contributed by atoms with Crippen molar-refractivity contribution in [1.82, 2.24) is 0 Å². The van der Waals surface area contributed by atoms with E-state index in [1.54, 1.807) is 0 Å². The van der Waals surface area contributed by atoms with Crippen LogP contribution in [0.25, 0.3) is 0 Å². The Morgan fingerprint density at radius 1 is 0.889 bits per heavy atom. The van der Waals surface area contributed by atoms with Crippen LogP contribution >= 0.6 is 0 Å². The quantitative estimate of drug-likeness (QED) is 0.787. The molecule has 1 unspecified atom stereocenters. The predicted molar refractivity (Wildman–Crippen MR) is 77.0 cm³/mol. The minimum absolute atomic E-state index is 0.400. The predicted octanol–water partition coefficient (Wildman–Crippen LogP) is 3.66. The van der Waals surface area contributed by atoms with Gasteiger partial charge in [0, 0.05) is 7.05 Å². The van der Waals surface area contributed by atoms with Gasteiger partial charge in [-0.25, -0.2) is 0 Å². The van der Waals surface area contributed by atoms with E-state index in [4.69, 9.17) is 0 Å². The highest BCUT2D eigenvalue weighted by Gasteiger charge is 2.26. The number of benzene rings is 2. The fraction of sp³-hybridized carbons (Fsp3) is 0.250. The normalized spacial score (nSPS) is 15.7. The van der Waals surface area contributed by atoms with Gasteiger partial charge in [-0.1, -0.05) is 42.5 Å². The summed E-state index contributed by atoms with van der Waals surface area (Å²) in [6.45, 7) is 3.22. The minimum atomic E-state index is 0.400. The first-order chi connectivity index (χ1) is 8.77. The van der Waals surface area contributed by atoms with Crippen LogP contribution in [0.3, 0.4) is 0 Å². The maximum atomic E-state index is 2.45. The Kier molecular flexibility index (Phi) is 2.71. The first kappa shape index (κ1) is 11.1. The van der Waals surface area contributed by atoms with Gasteiger partial charge in [0.05, 0.1) is 24.1 Å². The molecule has 0 N–H and O–H groups in total. The van der Waals surface area contributed by atoms with Crippen LogP contribution in [0.2, 0.25) is 0 Å². The average molecular weight is 238 g/mol. The van der Waals surface area contributed by atoms with Gasteiger partial charge < -0.3 is 9.80 Å². The first-order valence-corrected chi connectivity index (χ1v) is 6.39. The summed E-state index contributed by atoms with van der Waals surface area (Å²) in [5.41, 5.74) is 4.01. The summed E-state index contributed by atoms with van der Waals surface area (Å²) in [6, 6.07) is 19.7. The van der Waals surface area contributed by atoms with Crippen molar-refractivity contribution in [3.63, 3.8) is 0 Å². The average Bonchev–Trinajstić information content (AvgIpc) is 2.77. The van der Waals surface area contributed by atoms with Crippen molar-refractivity contribution in [2.45, 2.75) is 13.0 Å². The van der Waals surface area contributed by atoms with Crippen molar-refractivity contribution in [2.75, 3.05) is 23.5 Å². The Hall–Kier alpha value is -1.96. The summed E-state index contributed by atoms with van der Waals surface area (Å²) in [7, 11) is 2.15. The molecule has 0 aromatic heterocycles. The highest BCUT2D eigenvalue weighted by atomic mass is 15.4. The molecule has 3 rings (SSSR count). The highest BCUT2D eigenvalue weighted by Crippen LogP contribution is 2.39. The van der Waals surface area contributed by atoms with E-state index in [1.807, 2.05) is 0 Å². The second-order valence-electron chi connectivity index (χ2n) is 4.88. The highest BCUT2D eigenvalue weighted by molar-refractivity contribution is 5.76. The largest absolute Gasteiger partial charge is 0.355 e. The Balaban J connectivity index is 1.96. The third-order valence-electron chi connectivity index (χ3n) is 3.72. The summed E-state index contributed by atoms with van der Waals surface area (Å²) < 4.78 is 0. The molecular formula is C16H18N2. The number of rotatable bonds is 2. The van der Waals surface area contributed by atoms with Crippen molar-refractivity contribution in [3.8, 4) is 0 Å². The number of fused-ring (bicyclic) bond motifs is 1. The molecule has 0 radical (unpaired) electrons. The standard InChI is InChI=1S/C16H18N2/c1-13(14-8-4-3-5-9-14)18-12-17(2)15-10-6-7-11-16(15)18/h3-11,13H,12H2,1-2H3. The SMILES string of the molecule is CC(c1ccccc1)N1CN(C)c2ccccc21. The third-order valence-corrected chi connectivity index (χ3v) is 3.72.